The maximum atomic E-state index is 8.69. The van der Waals surface area contributed by atoms with Crippen LogP contribution >= 0.6 is 11.8 Å². The van der Waals surface area contributed by atoms with E-state index < -0.39 is 0 Å². The number of benzene rings is 1. The van der Waals surface area contributed by atoms with Gasteiger partial charge in [-0.05, 0) is 41.6 Å². The van der Waals surface area contributed by atoms with Crippen molar-refractivity contribution >= 4 is 17.4 Å². The van der Waals surface area contributed by atoms with Gasteiger partial charge in [0, 0.05) is 23.0 Å². The molecule has 1 aromatic heterocycles. The van der Waals surface area contributed by atoms with Gasteiger partial charge in [-0.25, -0.2) is 9.97 Å². The first kappa shape index (κ1) is 11.4. The zero-order chi connectivity index (χ0) is 12.1. The normalized spacial score (nSPS) is 9.82. The first-order valence-corrected chi connectivity index (χ1v) is 5.81. The van der Waals surface area contributed by atoms with E-state index in [9.17, 15) is 0 Å². The minimum absolute atomic E-state index is 0.315. The van der Waals surface area contributed by atoms with Gasteiger partial charge in [0.25, 0.3) is 0 Å². The maximum Gasteiger partial charge on any atom is 0.192 e. The first-order valence-electron chi connectivity index (χ1n) is 5.00. The summed E-state index contributed by atoms with van der Waals surface area (Å²) in [5.74, 6) is 0. The zero-order valence-electron chi connectivity index (χ0n) is 9.00. The van der Waals surface area contributed by atoms with E-state index in [-0.39, 0.29) is 0 Å². The summed E-state index contributed by atoms with van der Waals surface area (Å²) in [5.41, 5.74) is 7.26. The molecule has 2 N–H and O–H groups in total. The third-order valence-electron chi connectivity index (χ3n) is 2.14. The van der Waals surface area contributed by atoms with Gasteiger partial charge in [0.05, 0.1) is 12.5 Å². The van der Waals surface area contributed by atoms with Gasteiger partial charge in [0.1, 0.15) is 0 Å². The fourth-order valence-corrected chi connectivity index (χ4v) is 2.10. The van der Waals surface area contributed by atoms with Crippen LogP contribution in [0.5, 0.6) is 0 Å². The average molecular weight is 242 g/mol. The quantitative estimate of drug-likeness (QED) is 0.660. The number of hydrogen-bond donors (Lipinski definition) is 1. The smallest absolute Gasteiger partial charge is 0.192 e. The van der Waals surface area contributed by atoms with Crippen molar-refractivity contribution in [3.8, 4) is 6.07 Å². The second-order valence-corrected chi connectivity index (χ2v) is 4.37. The number of rotatable bonds is 3. The minimum Gasteiger partial charge on any atom is -0.398 e. The van der Waals surface area contributed by atoms with Crippen molar-refractivity contribution in [2.75, 3.05) is 5.73 Å². The summed E-state index contributed by atoms with van der Waals surface area (Å²) in [6.07, 6.45) is 3.71. The SMILES string of the molecule is N#CCc1cc(Sc2ncccn2)ccc1N. The molecule has 1 aromatic carbocycles. The molecular weight excluding hydrogens is 232 g/mol. The summed E-state index contributed by atoms with van der Waals surface area (Å²) < 4.78 is 0. The molecule has 0 saturated heterocycles. The van der Waals surface area contributed by atoms with Crippen LogP contribution in [0.15, 0.2) is 46.7 Å². The summed E-state index contributed by atoms with van der Waals surface area (Å²) in [6.45, 7) is 0. The van der Waals surface area contributed by atoms with Crippen LogP contribution < -0.4 is 5.73 Å². The molecule has 0 amide bonds. The molecule has 0 radical (unpaired) electrons. The van der Waals surface area contributed by atoms with Crippen LogP contribution in [0, 0.1) is 11.3 Å². The second kappa shape index (κ2) is 5.32. The molecule has 0 aliphatic heterocycles. The highest BCUT2D eigenvalue weighted by Gasteiger charge is 2.03. The summed E-state index contributed by atoms with van der Waals surface area (Å²) in [4.78, 5) is 9.24. The van der Waals surface area contributed by atoms with Crippen molar-refractivity contribution in [3.63, 3.8) is 0 Å². The monoisotopic (exact) mass is 242 g/mol. The van der Waals surface area contributed by atoms with E-state index in [1.54, 1.807) is 24.5 Å². The maximum absolute atomic E-state index is 8.69. The van der Waals surface area contributed by atoms with Gasteiger partial charge in [-0.15, -0.1) is 0 Å². The molecule has 0 atom stereocenters. The van der Waals surface area contributed by atoms with Gasteiger partial charge in [-0.1, -0.05) is 0 Å². The van der Waals surface area contributed by atoms with Crippen molar-refractivity contribution in [2.24, 2.45) is 0 Å². The number of anilines is 1. The third kappa shape index (κ3) is 2.95. The molecule has 0 spiro atoms. The predicted octanol–water partition coefficient (Wildman–Crippen LogP) is 2.28. The number of hydrogen-bond acceptors (Lipinski definition) is 5. The second-order valence-electron chi connectivity index (χ2n) is 3.33. The van der Waals surface area contributed by atoms with Crippen LogP contribution in [0.4, 0.5) is 5.69 Å². The lowest BCUT2D eigenvalue weighted by molar-refractivity contribution is 0.966. The summed E-state index contributed by atoms with van der Waals surface area (Å²) in [7, 11) is 0. The van der Waals surface area contributed by atoms with Crippen LogP contribution in [-0.2, 0) is 6.42 Å². The Bertz CT molecular complexity index is 548. The van der Waals surface area contributed by atoms with Gasteiger partial charge >= 0.3 is 0 Å². The van der Waals surface area contributed by atoms with Crippen LogP contribution in [0.25, 0.3) is 0 Å². The lowest BCUT2D eigenvalue weighted by atomic mass is 10.1. The highest BCUT2D eigenvalue weighted by atomic mass is 32.2. The highest BCUT2D eigenvalue weighted by molar-refractivity contribution is 7.99. The Balaban J connectivity index is 2.23. The van der Waals surface area contributed by atoms with Gasteiger partial charge in [0.2, 0.25) is 0 Å². The predicted molar refractivity (Wildman–Crippen MR) is 66.3 cm³/mol. The standard InChI is InChI=1S/C12H10N4S/c13-5-4-9-8-10(2-3-11(9)14)17-12-15-6-1-7-16-12/h1-3,6-8H,4,14H2. The molecule has 1 heterocycles. The van der Waals surface area contributed by atoms with Gasteiger partial charge in [0.15, 0.2) is 5.16 Å². The Labute approximate surface area is 104 Å². The number of nitriles is 1. The molecule has 0 aliphatic rings. The molecule has 2 rings (SSSR count). The lowest BCUT2D eigenvalue weighted by Crippen LogP contribution is -1.93. The van der Waals surface area contributed by atoms with E-state index >= 15 is 0 Å². The van der Waals surface area contributed by atoms with Crippen LogP contribution in [0.2, 0.25) is 0 Å². The Morgan fingerprint density at radius 1 is 1.29 bits per heavy atom. The molecule has 0 bridgehead atoms. The van der Waals surface area contributed by atoms with Crippen LogP contribution in [-0.4, -0.2) is 9.97 Å². The van der Waals surface area contributed by atoms with E-state index in [2.05, 4.69) is 16.0 Å². The molecule has 0 saturated carbocycles. The molecule has 4 nitrogen and oxygen atoms in total. The van der Waals surface area contributed by atoms with Crippen LogP contribution in [0.3, 0.4) is 0 Å². The average Bonchev–Trinajstić information content (AvgIpc) is 2.35. The van der Waals surface area contributed by atoms with Crippen molar-refractivity contribution in [1.29, 1.82) is 5.26 Å². The summed E-state index contributed by atoms with van der Waals surface area (Å²) in [5, 5.41) is 9.37. The molecule has 0 unspecified atom stereocenters. The summed E-state index contributed by atoms with van der Waals surface area (Å²) >= 11 is 1.45. The molecule has 17 heavy (non-hydrogen) atoms. The van der Waals surface area contributed by atoms with Crippen LogP contribution in [0.1, 0.15) is 5.56 Å². The van der Waals surface area contributed by atoms with E-state index in [0.717, 1.165) is 10.5 Å². The third-order valence-corrected chi connectivity index (χ3v) is 3.02. The Hall–Kier alpha value is -2.06. The highest BCUT2D eigenvalue weighted by Crippen LogP contribution is 2.27. The molecule has 84 valence electrons. The Kier molecular flexibility index (Phi) is 3.58. The molecule has 0 aliphatic carbocycles. The van der Waals surface area contributed by atoms with E-state index in [0.29, 0.717) is 17.3 Å². The summed E-state index contributed by atoms with van der Waals surface area (Å²) in [6, 6.07) is 9.47. The van der Waals surface area contributed by atoms with Crippen molar-refractivity contribution in [3.05, 3.63) is 42.2 Å². The van der Waals surface area contributed by atoms with Gasteiger partial charge in [-0.2, -0.15) is 5.26 Å². The number of nitrogen functional groups attached to an aromatic ring is 1. The number of aromatic nitrogens is 2. The first-order chi connectivity index (χ1) is 8.29. The minimum atomic E-state index is 0.315. The van der Waals surface area contributed by atoms with Gasteiger partial charge in [-0.3, -0.25) is 0 Å². The molecule has 0 fully saturated rings. The van der Waals surface area contributed by atoms with Crippen molar-refractivity contribution in [2.45, 2.75) is 16.5 Å². The van der Waals surface area contributed by atoms with E-state index in [4.69, 9.17) is 11.0 Å². The molecule has 5 heteroatoms. The number of nitrogens with two attached hydrogens (primary N) is 1. The Morgan fingerprint density at radius 2 is 2.06 bits per heavy atom. The topological polar surface area (TPSA) is 75.6 Å². The van der Waals surface area contributed by atoms with Crippen molar-refractivity contribution < 1.29 is 0 Å². The van der Waals surface area contributed by atoms with Gasteiger partial charge < -0.3 is 5.73 Å². The zero-order valence-corrected chi connectivity index (χ0v) is 9.81. The van der Waals surface area contributed by atoms with Crippen molar-refractivity contribution in [1.82, 2.24) is 9.97 Å². The molecular formula is C12H10N4S. The van der Waals surface area contributed by atoms with E-state index in [1.807, 2.05) is 12.1 Å². The fraction of sp³-hybridized carbons (Fsp3) is 0.0833. The Morgan fingerprint density at radius 3 is 2.76 bits per heavy atom. The van der Waals surface area contributed by atoms with E-state index in [1.165, 1.54) is 11.8 Å². The largest absolute Gasteiger partial charge is 0.398 e. The fourth-order valence-electron chi connectivity index (χ4n) is 1.33. The lowest BCUT2D eigenvalue weighted by Gasteiger charge is -2.04. The molecule has 2 aromatic rings. The number of nitrogens with zero attached hydrogens (tertiary/aromatic N) is 3.